The van der Waals surface area contributed by atoms with Gasteiger partial charge in [-0.2, -0.15) is 0 Å². The molecule has 0 aromatic carbocycles. The van der Waals surface area contributed by atoms with Crippen molar-refractivity contribution in [2.45, 2.75) is 43.8 Å². The zero-order valence-corrected chi connectivity index (χ0v) is 11.7. The van der Waals surface area contributed by atoms with E-state index < -0.39 is 0 Å². The molecule has 5 nitrogen and oxygen atoms in total. The third-order valence-corrected chi connectivity index (χ3v) is 4.83. The second kappa shape index (κ2) is 5.77. The number of carbonyl (C=O) groups is 1. The van der Waals surface area contributed by atoms with Gasteiger partial charge in [0.25, 0.3) is 0 Å². The summed E-state index contributed by atoms with van der Waals surface area (Å²) >= 11 is 0. The van der Waals surface area contributed by atoms with Gasteiger partial charge in [-0.05, 0) is 18.8 Å². The zero-order valence-electron chi connectivity index (χ0n) is 11.7. The minimum absolute atomic E-state index is 0.270. The lowest BCUT2D eigenvalue weighted by atomic mass is 9.93. The normalized spacial score (nSPS) is 40.1. The Morgan fingerprint density at radius 1 is 1.42 bits per heavy atom. The van der Waals surface area contributed by atoms with E-state index >= 15 is 0 Å². The number of nitrogens with zero attached hydrogens (tertiary/aromatic N) is 1. The topological polar surface area (TPSA) is 53.6 Å². The number of hydrogen-bond acceptors (Lipinski definition) is 4. The number of hydrogen-bond donors (Lipinski definition) is 2. The summed E-state index contributed by atoms with van der Waals surface area (Å²) in [6, 6.07) is 1.37. The summed E-state index contributed by atoms with van der Waals surface area (Å²) in [5.41, 5.74) is 0. The van der Waals surface area contributed by atoms with Gasteiger partial charge >= 0.3 is 0 Å². The SMILES string of the molecule is CN1CC(NC2CCCC2C2COCCN2)CC1=O. The summed E-state index contributed by atoms with van der Waals surface area (Å²) in [5.74, 6) is 0.924. The largest absolute Gasteiger partial charge is 0.379 e. The Kier molecular flexibility index (Phi) is 4.05. The Balaban J connectivity index is 1.56. The van der Waals surface area contributed by atoms with Crippen LogP contribution in [0.3, 0.4) is 0 Å². The number of likely N-dealkylation sites (N-methyl/N-ethyl adjacent to an activating group) is 1. The molecule has 0 bridgehead atoms. The minimum atomic E-state index is 0.270. The van der Waals surface area contributed by atoms with Gasteiger partial charge < -0.3 is 20.3 Å². The van der Waals surface area contributed by atoms with Crippen LogP contribution in [-0.2, 0) is 9.53 Å². The maximum absolute atomic E-state index is 11.6. The molecule has 0 aromatic heterocycles. The second-order valence-corrected chi connectivity index (χ2v) is 6.18. The number of nitrogens with one attached hydrogen (secondary N) is 2. The molecule has 3 fully saturated rings. The van der Waals surface area contributed by atoms with Crippen molar-refractivity contribution in [1.29, 1.82) is 0 Å². The third-order valence-electron chi connectivity index (χ3n) is 4.83. The molecule has 4 atom stereocenters. The first-order valence-corrected chi connectivity index (χ1v) is 7.55. The first kappa shape index (κ1) is 13.3. The molecule has 2 saturated heterocycles. The van der Waals surface area contributed by atoms with Gasteiger partial charge in [0.05, 0.1) is 13.2 Å². The summed E-state index contributed by atoms with van der Waals surface area (Å²) in [5, 5.41) is 7.32. The van der Waals surface area contributed by atoms with Crippen LogP contribution in [0, 0.1) is 5.92 Å². The molecule has 0 radical (unpaired) electrons. The van der Waals surface area contributed by atoms with E-state index in [1.807, 2.05) is 11.9 Å². The fraction of sp³-hybridized carbons (Fsp3) is 0.929. The van der Waals surface area contributed by atoms with Crippen molar-refractivity contribution in [3.63, 3.8) is 0 Å². The molecule has 2 heterocycles. The van der Waals surface area contributed by atoms with Gasteiger partial charge in [0, 0.05) is 44.7 Å². The first-order chi connectivity index (χ1) is 9.24. The summed E-state index contributed by atoms with van der Waals surface area (Å²) in [4.78, 5) is 13.4. The highest BCUT2D eigenvalue weighted by molar-refractivity contribution is 5.78. The van der Waals surface area contributed by atoms with Crippen molar-refractivity contribution >= 4 is 5.91 Å². The molecule has 3 rings (SSSR count). The molecule has 0 aromatic rings. The van der Waals surface area contributed by atoms with Crippen LogP contribution in [0.5, 0.6) is 0 Å². The average molecular weight is 267 g/mol. The standard InChI is InChI=1S/C14H25N3O2/c1-17-8-10(7-14(17)18)16-12-4-2-3-11(12)13-9-19-6-5-15-13/h10-13,15-16H,2-9H2,1H3. The monoisotopic (exact) mass is 267 g/mol. The zero-order chi connectivity index (χ0) is 13.2. The van der Waals surface area contributed by atoms with Gasteiger partial charge in [0.15, 0.2) is 0 Å². The van der Waals surface area contributed by atoms with Gasteiger partial charge in [-0.15, -0.1) is 0 Å². The summed E-state index contributed by atoms with van der Waals surface area (Å²) in [6.07, 6.45) is 4.46. The van der Waals surface area contributed by atoms with E-state index in [9.17, 15) is 4.79 Å². The van der Waals surface area contributed by atoms with Gasteiger partial charge in [-0.1, -0.05) is 6.42 Å². The van der Waals surface area contributed by atoms with Crippen molar-refractivity contribution in [2.75, 3.05) is 33.4 Å². The Labute approximate surface area is 115 Å². The number of carbonyl (C=O) groups excluding carboxylic acids is 1. The van der Waals surface area contributed by atoms with E-state index in [0.29, 0.717) is 30.5 Å². The highest BCUT2D eigenvalue weighted by atomic mass is 16.5. The van der Waals surface area contributed by atoms with Crippen LogP contribution in [0.4, 0.5) is 0 Å². The number of amides is 1. The molecular weight excluding hydrogens is 242 g/mol. The first-order valence-electron chi connectivity index (χ1n) is 7.55. The van der Waals surface area contributed by atoms with Gasteiger partial charge in [0.1, 0.15) is 0 Å². The van der Waals surface area contributed by atoms with Gasteiger partial charge in [-0.25, -0.2) is 0 Å². The van der Waals surface area contributed by atoms with Gasteiger partial charge in [0.2, 0.25) is 5.91 Å². The second-order valence-electron chi connectivity index (χ2n) is 6.18. The van der Waals surface area contributed by atoms with Crippen molar-refractivity contribution in [2.24, 2.45) is 5.92 Å². The molecule has 1 saturated carbocycles. The Hall–Kier alpha value is -0.650. The molecule has 4 unspecified atom stereocenters. The molecule has 3 aliphatic rings. The van der Waals surface area contributed by atoms with Crippen LogP contribution in [0.2, 0.25) is 0 Å². The Morgan fingerprint density at radius 3 is 3.00 bits per heavy atom. The molecule has 108 valence electrons. The summed E-state index contributed by atoms with van der Waals surface area (Å²) in [7, 11) is 1.90. The molecule has 1 amide bonds. The average Bonchev–Trinajstić information content (AvgIpc) is 2.99. The fourth-order valence-corrected chi connectivity index (χ4v) is 3.82. The Morgan fingerprint density at radius 2 is 2.32 bits per heavy atom. The van der Waals surface area contributed by atoms with Crippen LogP contribution in [-0.4, -0.2) is 62.3 Å². The molecule has 2 N–H and O–H groups in total. The Bertz CT molecular complexity index is 331. The third kappa shape index (κ3) is 2.93. The maximum Gasteiger partial charge on any atom is 0.224 e. The number of ether oxygens (including phenoxy) is 1. The number of rotatable bonds is 3. The predicted molar refractivity (Wildman–Crippen MR) is 72.9 cm³/mol. The predicted octanol–water partition coefficient (Wildman–Crippen LogP) is -0.0362. The summed E-state index contributed by atoms with van der Waals surface area (Å²) < 4.78 is 5.59. The van der Waals surface area contributed by atoms with Crippen LogP contribution < -0.4 is 10.6 Å². The molecule has 5 heteroatoms. The van der Waals surface area contributed by atoms with E-state index in [4.69, 9.17) is 4.74 Å². The smallest absolute Gasteiger partial charge is 0.224 e. The molecular formula is C14H25N3O2. The van der Waals surface area contributed by atoms with Crippen LogP contribution in [0.1, 0.15) is 25.7 Å². The van der Waals surface area contributed by atoms with Crippen LogP contribution >= 0.6 is 0 Å². The van der Waals surface area contributed by atoms with Gasteiger partial charge in [-0.3, -0.25) is 4.79 Å². The van der Waals surface area contributed by atoms with Crippen molar-refractivity contribution in [3.05, 3.63) is 0 Å². The quantitative estimate of drug-likeness (QED) is 0.754. The molecule has 0 spiro atoms. The van der Waals surface area contributed by atoms with E-state index in [1.165, 1.54) is 19.3 Å². The van der Waals surface area contributed by atoms with E-state index in [-0.39, 0.29) is 5.91 Å². The maximum atomic E-state index is 11.6. The van der Waals surface area contributed by atoms with Crippen molar-refractivity contribution < 1.29 is 9.53 Å². The van der Waals surface area contributed by atoms with E-state index in [1.54, 1.807) is 0 Å². The molecule has 1 aliphatic carbocycles. The highest BCUT2D eigenvalue weighted by Gasteiger charge is 2.37. The van der Waals surface area contributed by atoms with Crippen LogP contribution in [0.25, 0.3) is 0 Å². The lowest BCUT2D eigenvalue weighted by Gasteiger charge is -2.34. The lowest BCUT2D eigenvalue weighted by molar-refractivity contribution is -0.126. The summed E-state index contributed by atoms with van der Waals surface area (Å²) in [6.45, 7) is 3.50. The fourth-order valence-electron chi connectivity index (χ4n) is 3.82. The van der Waals surface area contributed by atoms with Crippen LogP contribution in [0.15, 0.2) is 0 Å². The van der Waals surface area contributed by atoms with E-state index in [2.05, 4.69) is 10.6 Å². The minimum Gasteiger partial charge on any atom is -0.379 e. The van der Waals surface area contributed by atoms with Crippen molar-refractivity contribution in [1.82, 2.24) is 15.5 Å². The molecule has 2 aliphatic heterocycles. The molecule has 19 heavy (non-hydrogen) atoms. The van der Waals surface area contributed by atoms with Crippen molar-refractivity contribution in [3.8, 4) is 0 Å². The lowest BCUT2D eigenvalue weighted by Crippen LogP contribution is -2.52. The number of likely N-dealkylation sites (tertiary alicyclic amines) is 1. The number of morpholine rings is 1. The highest BCUT2D eigenvalue weighted by Crippen LogP contribution is 2.30. The van der Waals surface area contributed by atoms with E-state index in [0.717, 1.165) is 26.3 Å².